The molecule has 118 valence electrons. The van der Waals surface area contributed by atoms with Crippen molar-refractivity contribution in [3.63, 3.8) is 0 Å². The molecule has 1 aliphatic heterocycles. The minimum Gasteiger partial charge on any atom is -0.375 e. The molecule has 3 rings (SSSR count). The lowest BCUT2D eigenvalue weighted by molar-refractivity contribution is -0.0884. The van der Waals surface area contributed by atoms with Crippen LogP contribution in [0.3, 0.4) is 0 Å². The van der Waals surface area contributed by atoms with E-state index in [1.165, 1.54) is 38.5 Å². The topological polar surface area (TPSA) is 48.3 Å². The van der Waals surface area contributed by atoms with Gasteiger partial charge in [-0.05, 0) is 52.0 Å². The fourth-order valence-electron chi connectivity index (χ4n) is 3.93. The van der Waals surface area contributed by atoms with E-state index < -0.39 is 0 Å². The molecule has 3 aliphatic rings. The van der Waals surface area contributed by atoms with Crippen LogP contribution in [0.4, 0.5) is 0 Å². The molecule has 0 aromatic rings. The molecule has 3 fully saturated rings. The van der Waals surface area contributed by atoms with Crippen molar-refractivity contribution in [3.8, 4) is 6.07 Å². The van der Waals surface area contributed by atoms with Gasteiger partial charge in [-0.25, -0.2) is 0 Å². The number of ether oxygens (including phenoxy) is 1. The van der Waals surface area contributed by atoms with Crippen molar-refractivity contribution in [1.82, 2.24) is 10.2 Å². The maximum Gasteiger partial charge on any atom is 0.104 e. The molecule has 0 spiro atoms. The van der Waals surface area contributed by atoms with E-state index in [9.17, 15) is 5.26 Å². The maximum atomic E-state index is 9.44. The van der Waals surface area contributed by atoms with Gasteiger partial charge in [0.1, 0.15) is 5.54 Å². The monoisotopic (exact) mass is 291 g/mol. The van der Waals surface area contributed by atoms with E-state index in [1.807, 2.05) is 0 Å². The molecule has 1 heterocycles. The van der Waals surface area contributed by atoms with Crippen molar-refractivity contribution in [1.29, 1.82) is 5.26 Å². The zero-order chi connectivity index (χ0) is 14.7. The van der Waals surface area contributed by atoms with E-state index in [0.29, 0.717) is 18.2 Å². The van der Waals surface area contributed by atoms with Crippen molar-refractivity contribution < 1.29 is 4.74 Å². The van der Waals surface area contributed by atoms with Gasteiger partial charge in [-0.2, -0.15) is 5.26 Å². The molecule has 2 aliphatic carbocycles. The second kappa shape index (κ2) is 6.64. The molecule has 1 saturated heterocycles. The fraction of sp³-hybridized carbons (Fsp3) is 0.941. The Morgan fingerprint density at radius 2 is 2.10 bits per heavy atom. The number of nitriles is 1. The average molecular weight is 291 g/mol. The van der Waals surface area contributed by atoms with Crippen molar-refractivity contribution in [2.24, 2.45) is 0 Å². The molecule has 1 N–H and O–H groups in total. The van der Waals surface area contributed by atoms with Gasteiger partial charge in [0.15, 0.2) is 0 Å². The number of hydrogen-bond acceptors (Lipinski definition) is 4. The van der Waals surface area contributed by atoms with Gasteiger partial charge in [0.25, 0.3) is 0 Å². The van der Waals surface area contributed by atoms with Crippen LogP contribution in [0, 0.1) is 11.3 Å². The molecular weight excluding hydrogens is 262 g/mol. The Morgan fingerprint density at radius 1 is 1.29 bits per heavy atom. The Kier molecular flexibility index (Phi) is 4.83. The van der Waals surface area contributed by atoms with E-state index in [0.717, 1.165) is 32.5 Å². The van der Waals surface area contributed by atoms with Crippen LogP contribution in [0.15, 0.2) is 0 Å². The highest BCUT2D eigenvalue weighted by Crippen LogP contribution is 2.29. The Hall–Kier alpha value is -0.630. The average Bonchev–Trinajstić information content (AvgIpc) is 3.31. The van der Waals surface area contributed by atoms with Crippen LogP contribution >= 0.6 is 0 Å². The van der Waals surface area contributed by atoms with E-state index in [1.54, 1.807) is 0 Å². The second-order valence-corrected chi connectivity index (χ2v) is 7.26. The number of hydrogen-bond donors (Lipinski definition) is 1. The Morgan fingerprint density at radius 3 is 2.86 bits per heavy atom. The molecule has 21 heavy (non-hydrogen) atoms. The van der Waals surface area contributed by atoms with Crippen LogP contribution in [-0.4, -0.2) is 48.3 Å². The molecule has 0 aromatic heterocycles. The number of nitrogens with zero attached hydrogens (tertiary/aromatic N) is 2. The summed E-state index contributed by atoms with van der Waals surface area (Å²) in [6.45, 7) is 5.14. The minimum absolute atomic E-state index is 0.334. The molecule has 3 atom stereocenters. The highest BCUT2D eigenvalue weighted by molar-refractivity contribution is 5.07. The van der Waals surface area contributed by atoms with Crippen LogP contribution in [0.25, 0.3) is 0 Å². The van der Waals surface area contributed by atoms with Gasteiger partial charge in [0.2, 0.25) is 0 Å². The molecule has 2 saturated carbocycles. The van der Waals surface area contributed by atoms with Gasteiger partial charge in [-0.1, -0.05) is 12.8 Å². The van der Waals surface area contributed by atoms with E-state index in [-0.39, 0.29) is 5.54 Å². The van der Waals surface area contributed by atoms with Crippen molar-refractivity contribution >= 4 is 0 Å². The quantitative estimate of drug-likeness (QED) is 0.816. The smallest absolute Gasteiger partial charge is 0.104 e. The minimum atomic E-state index is -0.334. The zero-order valence-electron chi connectivity index (χ0n) is 13.3. The third-order valence-electron chi connectivity index (χ3n) is 5.32. The highest BCUT2D eigenvalue weighted by atomic mass is 16.5. The second-order valence-electron chi connectivity index (χ2n) is 7.26. The molecular formula is C17H29N3O. The Labute approximate surface area is 128 Å². The summed E-state index contributed by atoms with van der Waals surface area (Å²) in [7, 11) is 0. The number of nitrogens with one attached hydrogen (secondary N) is 1. The van der Waals surface area contributed by atoms with Gasteiger partial charge in [-0.15, -0.1) is 0 Å². The lowest BCUT2D eigenvalue weighted by Gasteiger charge is -2.44. The molecule has 0 radical (unpaired) electrons. The first-order valence-electron chi connectivity index (χ1n) is 8.75. The third kappa shape index (κ3) is 3.97. The maximum absolute atomic E-state index is 9.44. The van der Waals surface area contributed by atoms with Crippen LogP contribution in [-0.2, 0) is 4.74 Å². The first kappa shape index (κ1) is 15.3. The Bertz CT molecular complexity index is 388. The van der Waals surface area contributed by atoms with Crippen molar-refractivity contribution in [2.75, 3.05) is 19.7 Å². The summed E-state index contributed by atoms with van der Waals surface area (Å²) in [5, 5.41) is 12.9. The van der Waals surface area contributed by atoms with Crippen molar-refractivity contribution in [3.05, 3.63) is 0 Å². The summed E-state index contributed by atoms with van der Waals surface area (Å²) in [5.74, 6) is 0. The van der Waals surface area contributed by atoms with Crippen molar-refractivity contribution in [2.45, 2.75) is 82.0 Å². The standard InChI is InChI=1S/C17H29N3O/c1-17(13-18,19-14-7-8-14)9-4-10-20-11-12-21-16-6-3-2-5-15(16)20/h14-16,19H,2-12H2,1H3. The van der Waals surface area contributed by atoms with Crippen LogP contribution in [0.5, 0.6) is 0 Å². The van der Waals surface area contributed by atoms with E-state index in [2.05, 4.69) is 23.2 Å². The summed E-state index contributed by atoms with van der Waals surface area (Å²) >= 11 is 0. The SMILES string of the molecule is CC(C#N)(CCCN1CCOC2CCCCC21)NC1CC1. The first-order chi connectivity index (χ1) is 10.2. The van der Waals surface area contributed by atoms with Gasteiger partial charge in [0.05, 0.1) is 18.8 Å². The third-order valence-corrected chi connectivity index (χ3v) is 5.32. The lowest BCUT2D eigenvalue weighted by atomic mass is 9.89. The molecule has 3 unspecified atom stereocenters. The predicted octanol–water partition coefficient (Wildman–Crippen LogP) is 2.44. The predicted molar refractivity (Wildman–Crippen MR) is 83.0 cm³/mol. The number of fused-ring (bicyclic) bond motifs is 1. The molecule has 4 nitrogen and oxygen atoms in total. The van der Waals surface area contributed by atoms with Gasteiger partial charge >= 0.3 is 0 Å². The first-order valence-corrected chi connectivity index (χ1v) is 8.75. The fourth-order valence-corrected chi connectivity index (χ4v) is 3.93. The van der Waals surface area contributed by atoms with Gasteiger partial charge in [0, 0.05) is 18.6 Å². The summed E-state index contributed by atoms with van der Waals surface area (Å²) in [6.07, 6.45) is 10.2. The molecule has 0 aromatic carbocycles. The van der Waals surface area contributed by atoms with E-state index >= 15 is 0 Å². The number of morpholine rings is 1. The van der Waals surface area contributed by atoms with Crippen LogP contribution in [0.2, 0.25) is 0 Å². The van der Waals surface area contributed by atoms with Crippen LogP contribution in [0.1, 0.15) is 58.3 Å². The summed E-state index contributed by atoms with van der Waals surface area (Å²) in [6, 6.07) is 3.72. The molecule has 4 heteroatoms. The summed E-state index contributed by atoms with van der Waals surface area (Å²) in [4.78, 5) is 2.63. The summed E-state index contributed by atoms with van der Waals surface area (Å²) < 4.78 is 5.94. The summed E-state index contributed by atoms with van der Waals surface area (Å²) in [5.41, 5.74) is -0.334. The zero-order valence-corrected chi connectivity index (χ0v) is 13.3. The van der Waals surface area contributed by atoms with Gasteiger partial charge < -0.3 is 4.74 Å². The Balaban J connectivity index is 1.46. The normalized spacial score (nSPS) is 33.0. The largest absolute Gasteiger partial charge is 0.375 e. The lowest BCUT2D eigenvalue weighted by Crippen LogP contribution is -2.53. The van der Waals surface area contributed by atoms with Crippen LogP contribution < -0.4 is 5.32 Å². The molecule has 0 amide bonds. The highest BCUT2D eigenvalue weighted by Gasteiger charge is 2.35. The van der Waals surface area contributed by atoms with E-state index in [4.69, 9.17) is 4.74 Å². The molecule has 0 bridgehead atoms. The number of rotatable bonds is 6. The van der Waals surface area contributed by atoms with Gasteiger partial charge in [-0.3, -0.25) is 10.2 Å².